The van der Waals surface area contributed by atoms with Gasteiger partial charge in [-0.05, 0) is 36.6 Å². The van der Waals surface area contributed by atoms with Crippen molar-refractivity contribution in [3.8, 4) is 0 Å². The van der Waals surface area contributed by atoms with Gasteiger partial charge in [-0.2, -0.15) is 0 Å². The molecule has 3 amide bonds. The molecule has 7 nitrogen and oxygen atoms in total. The Morgan fingerprint density at radius 1 is 1.00 bits per heavy atom. The molecule has 9 heteroatoms. The molecule has 2 aromatic carbocycles. The van der Waals surface area contributed by atoms with Crippen LogP contribution in [0.4, 0.5) is 14.5 Å². The summed E-state index contributed by atoms with van der Waals surface area (Å²) in [4.78, 5) is 37.7. The molecule has 1 aliphatic heterocycles. The number of nitrogens with zero attached hydrogens (tertiary/aromatic N) is 1. The topological polar surface area (TPSA) is 90.5 Å². The van der Waals surface area contributed by atoms with Crippen LogP contribution < -0.4 is 21.1 Å². The van der Waals surface area contributed by atoms with E-state index in [-0.39, 0.29) is 12.1 Å². The van der Waals surface area contributed by atoms with Crippen molar-refractivity contribution in [2.75, 3.05) is 24.5 Å². The minimum atomic E-state index is -1.03. The van der Waals surface area contributed by atoms with Crippen LogP contribution in [0.1, 0.15) is 22.3 Å². The molecule has 0 radical (unpaired) electrons. The van der Waals surface area contributed by atoms with Crippen LogP contribution in [0, 0.1) is 11.6 Å². The lowest BCUT2D eigenvalue weighted by Crippen LogP contribution is -2.50. The number of benzene rings is 2. The number of aryl methyl sites for hydroxylation is 1. The van der Waals surface area contributed by atoms with Crippen molar-refractivity contribution in [3.63, 3.8) is 0 Å². The lowest BCUT2D eigenvalue weighted by atomic mass is 10.0. The molecule has 0 unspecified atom stereocenters. The monoisotopic (exact) mass is 402 g/mol. The number of anilines is 1. The van der Waals surface area contributed by atoms with Gasteiger partial charge in [-0.15, -0.1) is 0 Å². The average Bonchev–Trinajstić information content (AvgIpc) is 2.71. The maximum atomic E-state index is 13.5. The minimum absolute atomic E-state index is 0.0739. The number of fused-ring (bicyclic) bond motifs is 1. The van der Waals surface area contributed by atoms with E-state index in [0.717, 1.165) is 37.2 Å². The molecule has 0 spiro atoms. The van der Waals surface area contributed by atoms with E-state index in [1.54, 1.807) is 0 Å². The molecule has 152 valence electrons. The largest absolute Gasteiger partial charge is 0.362 e. The second-order valence-electron chi connectivity index (χ2n) is 6.56. The van der Waals surface area contributed by atoms with E-state index in [9.17, 15) is 23.2 Å². The molecule has 0 fully saturated rings. The Balaban J connectivity index is 1.44. The van der Waals surface area contributed by atoms with Crippen molar-refractivity contribution >= 4 is 23.4 Å². The van der Waals surface area contributed by atoms with E-state index >= 15 is 0 Å². The van der Waals surface area contributed by atoms with E-state index in [4.69, 9.17) is 0 Å². The number of amides is 3. The molecule has 0 saturated carbocycles. The Bertz CT molecular complexity index is 936. The number of hydrogen-bond donors (Lipinski definition) is 3. The van der Waals surface area contributed by atoms with Gasteiger partial charge in [0, 0.05) is 18.3 Å². The van der Waals surface area contributed by atoms with Crippen LogP contribution in [0.5, 0.6) is 0 Å². The summed E-state index contributed by atoms with van der Waals surface area (Å²) in [7, 11) is 0. The molecule has 0 saturated heterocycles. The van der Waals surface area contributed by atoms with Gasteiger partial charge in [0.1, 0.15) is 11.6 Å². The van der Waals surface area contributed by atoms with Crippen LogP contribution in [0.2, 0.25) is 0 Å². The first-order valence-electron chi connectivity index (χ1n) is 9.08. The molecule has 1 aliphatic rings. The van der Waals surface area contributed by atoms with Crippen molar-refractivity contribution < 1.29 is 23.2 Å². The van der Waals surface area contributed by atoms with Gasteiger partial charge in [0.15, 0.2) is 0 Å². The standard InChI is InChI=1S/C20H20F2N4O3/c21-14-7-8-15(16(22)10-14)20(29)23-11-18(27)24-25-19(28)12-26-9-3-5-13-4-1-2-6-17(13)26/h1-2,4,6-8,10H,3,5,9,11-12H2,(H,23,29)(H,24,27)(H,25,28). The predicted molar refractivity (Wildman–Crippen MR) is 102 cm³/mol. The number of hydrogen-bond acceptors (Lipinski definition) is 4. The predicted octanol–water partition coefficient (Wildman–Crippen LogP) is 1.29. The smallest absolute Gasteiger partial charge is 0.257 e. The SMILES string of the molecule is O=C(CNC(=O)c1ccc(F)cc1F)NNC(=O)CN1CCCc2ccccc21. The molecular formula is C20H20F2N4O3. The fraction of sp³-hybridized carbons (Fsp3) is 0.250. The minimum Gasteiger partial charge on any atom is -0.362 e. The van der Waals surface area contributed by atoms with Crippen LogP contribution in [-0.4, -0.2) is 37.4 Å². The molecule has 2 aromatic rings. The number of hydrazine groups is 1. The van der Waals surface area contributed by atoms with Gasteiger partial charge in [0.25, 0.3) is 17.7 Å². The van der Waals surface area contributed by atoms with Crippen molar-refractivity contribution in [2.45, 2.75) is 12.8 Å². The summed E-state index contributed by atoms with van der Waals surface area (Å²) in [6, 6.07) is 10.3. The highest BCUT2D eigenvalue weighted by molar-refractivity contribution is 5.96. The van der Waals surface area contributed by atoms with Crippen molar-refractivity contribution in [2.24, 2.45) is 0 Å². The second kappa shape index (κ2) is 9.13. The van der Waals surface area contributed by atoms with Crippen LogP contribution in [0.15, 0.2) is 42.5 Å². The molecular weight excluding hydrogens is 382 g/mol. The molecule has 29 heavy (non-hydrogen) atoms. The Morgan fingerprint density at radius 2 is 1.76 bits per heavy atom. The molecule has 0 bridgehead atoms. The summed E-state index contributed by atoms with van der Waals surface area (Å²) in [6.45, 7) is 0.324. The molecule has 0 aliphatic carbocycles. The zero-order chi connectivity index (χ0) is 20.8. The number of carbonyl (C=O) groups is 3. The first-order chi connectivity index (χ1) is 13.9. The van der Waals surface area contributed by atoms with Crippen molar-refractivity contribution in [1.29, 1.82) is 0 Å². The zero-order valence-corrected chi connectivity index (χ0v) is 15.5. The summed E-state index contributed by atoms with van der Waals surface area (Å²) in [5.74, 6) is -3.80. The lowest BCUT2D eigenvalue weighted by Gasteiger charge is -2.30. The average molecular weight is 402 g/mol. The van der Waals surface area contributed by atoms with E-state index in [1.165, 1.54) is 5.56 Å². The summed E-state index contributed by atoms with van der Waals surface area (Å²) < 4.78 is 26.4. The Labute approximate surface area is 166 Å². The van der Waals surface area contributed by atoms with Gasteiger partial charge in [-0.25, -0.2) is 8.78 Å². The lowest BCUT2D eigenvalue weighted by molar-refractivity contribution is -0.127. The van der Waals surface area contributed by atoms with E-state index < -0.39 is 35.9 Å². The van der Waals surface area contributed by atoms with Gasteiger partial charge < -0.3 is 10.2 Å². The highest BCUT2D eigenvalue weighted by Gasteiger charge is 2.19. The number of para-hydroxylation sites is 1. The number of rotatable bonds is 5. The van der Waals surface area contributed by atoms with Gasteiger partial charge in [-0.3, -0.25) is 25.2 Å². The van der Waals surface area contributed by atoms with Gasteiger partial charge >= 0.3 is 0 Å². The quantitative estimate of drug-likeness (QED) is 0.658. The third kappa shape index (κ3) is 5.28. The Kier molecular flexibility index (Phi) is 6.38. The van der Waals surface area contributed by atoms with Crippen molar-refractivity contribution in [3.05, 3.63) is 65.2 Å². The molecule has 3 N–H and O–H groups in total. The third-order valence-electron chi connectivity index (χ3n) is 4.47. The van der Waals surface area contributed by atoms with E-state index in [0.29, 0.717) is 6.07 Å². The number of nitrogens with one attached hydrogen (secondary N) is 3. The molecule has 3 rings (SSSR count). The summed E-state index contributed by atoms with van der Waals surface area (Å²) in [5, 5.41) is 2.20. The van der Waals surface area contributed by atoms with Crippen LogP contribution in [0.3, 0.4) is 0 Å². The van der Waals surface area contributed by atoms with Crippen LogP contribution in [0.25, 0.3) is 0 Å². The van der Waals surface area contributed by atoms with Crippen LogP contribution >= 0.6 is 0 Å². The maximum Gasteiger partial charge on any atom is 0.257 e. The maximum absolute atomic E-state index is 13.5. The molecule has 1 heterocycles. The first kappa shape index (κ1) is 20.2. The van der Waals surface area contributed by atoms with Crippen molar-refractivity contribution in [1.82, 2.24) is 16.2 Å². The highest BCUT2D eigenvalue weighted by Crippen LogP contribution is 2.26. The Hall–Kier alpha value is -3.49. The van der Waals surface area contributed by atoms with Gasteiger partial charge in [-0.1, -0.05) is 18.2 Å². The molecule has 0 aromatic heterocycles. The highest BCUT2D eigenvalue weighted by atomic mass is 19.1. The fourth-order valence-corrected chi connectivity index (χ4v) is 3.10. The number of halogens is 2. The van der Waals surface area contributed by atoms with Gasteiger partial charge in [0.2, 0.25) is 0 Å². The first-order valence-corrected chi connectivity index (χ1v) is 9.08. The summed E-state index contributed by atoms with van der Waals surface area (Å²) >= 11 is 0. The normalized spacial score (nSPS) is 12.7. The summed E-state index contributed by atoms with van der Waals surface area (Å²) in [5.41, 5.74) is 6.27. The number of carbonyl (C=O) groups excluding carboxylic acids is 3. The fourth-order valence-electron chi connectivity index (χ4n) is 3.10. The Morgan fingerprint density at radius 3 is 2.55 bits per heavy atom. The second-order valence-corrected chi connectivity index (χ2v) is 6.56. The summed E-state index contributed by atoms with van der Waals surface area (Å²) in [6.07, 6.45) is 1.89. The van der Waals surface area contributed by atoms with Crippen LogP contribution in [-0.2, 0) is 16.0 Å². The van der Waals surface area contributed by atoms with E-state index in [1.807, 2.05) is 29.2 Å². The zero-order valence-electron chi connectivity index (χ0n) is 15.5. The molecule has 0 atom stereocenters. The van der Waals surface area contributed by atoms with E-state index in [2.05, 4.69) is 16.2 Å². The third-order valence-corrected chi connectivity index (χ3v) is 4.47. The van der Waals surface area contributed by atoms with Gasteiger partial charge in [0.05, 0.1) is 18.7 Å².